The third-order valence-corrected chi connectivity index (χ3v) is 9.18. The summed E-state index contributed by atoms with van der Waals surface area (Å²) in [4.78, 5) is 12.3. The normalized spacial score (nSPS) is 15.9. The van der Waals surface area contributed by atoms with Gasteiger partial charge in [0, 0.05) is 44.2 Å². The summed E-state index contributed by atoms with van der Waals surface area (Å²) >= 11 is 0. The second-order valence-electron chi connectivity index (χ2n) is 11.2. The molecule has 1 aliphatic rings. The summed E-state index contributed by atoms with van der Waals surface area (Å²) in [5.41, 5.74) is 2.84. The van der Waals surface area contributed by atoms with Gasteiger partial charge in [0.15, 0.2) is 0 Å². The zero-order chi connectivity index (χ0) is 25.9. The number of aromatic nitrogens is 3. The highest BCUT2D eigenvalue weighted by Gasteiger charge is 2.22. The molecule has 0 spiro atoms. The molecule has 1 aliphatic heterocycles. The van der Waals surface area contributed by atoms with Crippen LogP contribution >= 0.6 is 0 Å². The molecule has 3 aromatic rings. The third-order valence-electron chi connectivity index (χ3n) is 6.89. The molecule has 0 N–H and O–H groups in total. The fraction of sp³-hybridized carbons (Fsp3) is 0.615. The first-order chi connectivity index (χ1) is 17.0. The smallest absolute Gasteiger partial charge is 0.264 e. The van der Waals surface area contributed by atoms with E-state index in [0.29, 0.717) is 12.6 Å². The summed E-state index contributed by atoms with van der Waals surface area (Å²) in [6.45, 7) is 12.5. The molecule has 0 saturated carbocycles. The van der Waals surface area contributed by atoms with Crippen LogP contribution in [0, 0.1) is 12.8 Å². The lowest BCUT2D eigenvalue weighted by Crippen LogP contribution is -2.34. The van der Waals surface area contributed by atoms with Crippen molar-refractivity contribution in [2.24, 2.45) is 5.92 Å². The first-order valence-corrected chi connectivity index (χ1v) is 18.5. The number of piperidine rings is 1. The molecule has 3 aromatic heterocycles. The van der Waals surface area contributed by atoms with E-state index in [0.717, 1.165) is 91.3 Å². The summed E-state index contributed by atoms with van der Waals surface area (Å²) in [5, 5.41) is 2.22. The van der Waals surface area contributed by atoms with Gasteiger partial charge in [0.05, 0.1) is 12.9 Å². The van der Waals surface area contributed by atoms with Crippen molar-refractivity contribution in [3.05, 3.63) is 30.0 Å². The lowest BCUT2D eigenvalue weighted by Gasteiger charge is -2.33. The Morgan fingerprint density at radius 3 is 2.33 bits per heavy atom. The third kappa shape index (κ3) is 7.05. The van der Waals surface area contributed by atoms with Gasteiger partial charge in [-0.1, -0.05) is 19.6 Å². The van der Waals surface area contributed by atoms with Crippen molar-refractivity contribution in [3.63, 3.8) is 0 Å². The largest absolute Gasteiger partial charge is 0.361 e. The van der Waals surface area contributed by atoms with Crippen LogP contribution < -0.4 is 4.90 Å². The van der Waals surface area contributed by atoms with Gasteiger partial charge in [0.2, 0.25) is 0 Å². The number of rotatable bonds is 11. The Labute approximate surface area is 216 Å². The maximum atomic E-state index is 11.1. The minimum atomic E-state index is -3.35. The highest BCUT2D eigenvalue weighted by Crippen LogP contribution is 2.31. The number of ether oxygens (including phenoxy) is 1. The van der Waals surface area contributed by atoms with Crippen molar-refractivity contribution >= 4 is 46.1 Å². The molecule has 36 heavy (non-hydrogen) atoms. The van der Waals surface area contributed by atoms with E-state index in [1.54, 1.807) is 0 Å². The van der Waals surface area contributed by atoms with Crippen LogP contribution in [0.3, 0.4) is 0 Å². The van der Waals surface area contributed by atoms with E-state index < -0.39 is 18.2 Å². The Kier molecular flexibility index (Phi) is 8.38. The number of pyridine rings is 2. The zero-order valence-corrected chi connectivity index (χ0v) is 24.1. The predicted molar refractivity (Wildman–Crippen MR) is 149 cm³/mol. The van der Waals surface area contributed by atoms with Gasteiger partial charge < -0.3 is 9.64 Å². The maximum absolute atomic E-state index is 11.1. The number of hydrogen-bond acceptors (Lipinski definition) is 7. The number of hydrogen-bond donors (Lipinski definition) is 0. The van der Waals surface area contributed by atoms with Gasteiger partial charge in [0.25, 0.3) is 10.1 Å². The van der Waals surface area contributed by atoms with Crippen molar-refractivity contribution in [1.82, 2.24) is 14.5 Å². The molecular formula is C26H40N4O4SSi. The molecule has 4 heterocycles. The minimum Gasteiger partial charge on any atom is -0.361 e. The van der Waals surface area contributed by atoms with Crippen LogP contribution in [0.4, 0.5) is 5.82 Å². The van der Waals surface area contributed by atoms with Crippen LogP contribution in [0.2, 0.25) is 25.7 Å². The van der Waals surface area contributed by atoms with E-state index in [9.17, 15) is 8.42 Å². The van der Waals surface area contributed by atoms with E-state index in [4.69, 9.17) is 18.9 Å². The number of nitrogens with zero attached hydrogens (tertiary/aromatic N) is 4. The van der Waals surface area contributed by atoms with E-state index in [1.165, 1.54) is 0 Å². The van der Waals surface area contributed by atoms with Crippen molar-refractivity contribution < 1.29 is 17.3 Å². The van der Waals surface area contributed by atoms with Crippen LogP contribution in [-0.2, 0) is 25.8 Å². The van der Waals surface area contributed by atoms with Gasteiger partial charge in [0.1, 0.15) is 23.8 Å². The summed E-state index contributed by atoms with van der Waals surface area (Å²) in [6.07, 6.45) is 5.01. The van der Waals surface area contributed by atoms with Gasteiger partial charge >= 0.3 is 0 Å². The van der Waals surface area contributed by atoms with Crippen molar-refractivity contribution in [3.8, 4) is 0 Å². The Balaban J connectivity index is 1.47. The SMILES string of the molecule is Cc1ccc2c3ccc(N4CCC(CCCOS(C)(=O)=O)CC4)nc3n(COCC[Si](C)(C)C)c2n1. The van der Waals surface area contributed by atoms with Gasteiger partial charge in [-0.25, -0.2) is 9.97 Å². The molecule has 0 bridgehead atoms. The number of anilines is 1. The molecule has 0 amide bonds. The molecule has 0 atom stereocenters. The highest BCUT2D eigenvalue weighted by atomic mass is 32.2. The summed E-state index contributed by atoms with van der Waals surface area (Å²) in [5.74, 6) is 1.58. The fourth-order valence-corrected chi connectivity index (χ4v) is 5.96. The predicted octanol–water partition coefficient (Wildman–Crippen LogP) is 5.18. The molecule has 4 rings (SSSR count). The summed E-state index contributed by atoms with van der Waals surface area (Å²) in [7, 11) is -4.51. The van der Waals surface area contributed by atoms with Gasteiger partial charge in [-0.2, -0.15) is 8.42 Å². The zero-order valence-electron chi connectivity index (χ0n) is 22.3. The molecule has 0 unspecified atom stereocenters. The van der Waals surface area contributed by atoms with E-state index in [-0.39, 0.29) is 6.61 Å². The van der Waals surface area contributed by atoms with Gasteiger partial charge in [-0.3, -0.25) is 8.75 Å². The van der Waals surface area contributed by atoms with Crippen molar-refractivity contribution in [2.75, 3.05) is 37.5 Å². The number of aryl methyl sites for hydroxylation is 1. The van der Waals surface area contributed by atoms with Crippen LogP contribution in [0.15, 0.2) is 24.3 Å². The van der Waals surface area contributed by atoms with Crippen molar-refractivity contribution in [2.45, 2.75) is 65.0 Å². The molecule has 0 radical (unpaired) electrons. The topological polar surface area (TPSA) is 86.6 Å². The molecule has 1 fully saturated rings. The molecule has 10 heteroatoms. The van der Waals surface area contributed by atoms with E-state index in [2.05, 4.69) is 53.4 Å². The monoisotopic (exact) mass is 532 g/mol. The lowest BCUT2D eigenvalue weighted by molar-refractivity contribution is 0.0922. The quantitative estimate of drug-likeness (QED) is 0.191. The summed E-state index contributed by atoms with van der Waals surface area (Å²) in [6, 6.07) is 9.61. The average Bonchev–Trinajstić information content (AvgIpc) is 3.10. The molecule has 1 saturated heterocycles. The Hall–Kier alpha value is -2.01. The maximum Gasteiger partial charge on any atom is 0.264 e. The minimum absolute atomic E-state index is 0.273. The van der Waals surface area contributed by atoms with Crippen LogP contribution in [0.1, 0.15) is 31.4 Å². The lowest BCUT2D eigenvalue weighted by atomic mass is 9.92. The second-order valence-corrected chi connectivity index (χ2v) is 18.5. The van der Waals surface area contributed by atoms with E-state index in [1.807, 2.05) is 6.92 Å². The fourth-order valence-electron chi connectivity index (χ4n) is 4.78. The molecule has 198 valence electrons. The Bertz CT molecular complexity index is 1290. The average molecular weight is 533 g/mol. The van der Waals surface area contributed by atoms with Gasteiger partial charge in [-0.05, 0) is 68.8 Å². The molecule has 0 aliphatic carbocycles. The molecule has 8 nitrogen and oxygen atoms in total. The Morgan fingerprint density at radius 1 is 1.00 bits per heavy atom. The summed E-state index contributed by atoms with van der Waals surface area (Å²) < 4.78 is 35.4. The first kappa shape index (κ1) is 27.0. The van der Waals surface area contributed by atoms with Crippen LogP contribution in [-0.4, -0.2) is 63.6 Å². The highest BCUT2D eigenvalue weighted by molar-refractivity contribution is 7.85. The standard InChI is InChI=1S/C26H40N4O4SSi/c1-20-8-9-22-23-10-11-24(29-14-12-21(13-15-29)7-6-16-34-35(2,31)32)28-26(23)30(25(22)27-20)19-33-17-18-36(3,4)5/h8-11,21H,6-7,12-19H2,1-5H3. The molecule has 0 aromatic carbocycles. The van der Waals surface area contributed by atoms with Gasteiger partial charge in [-0.15, -0.1) is 0 Å². The molecular weight excluding hydrogens is 492 g/mol. The van der Waals surface area contributed by atoms with Crippen LogP contribution in [0.5, 0.6) is 0 Å². The van der Waals surface area contributed by atoms with Crippen LogP contribution in [0.25, 0.3) is 22.1 Å². The Morgan fingerprint density at radius 2 is 1.67 bits per heavy atom. The van der Waals surface area contributed by atoms with E-state index >= 15 is 0 Å². The number of fused-ring (bicyclic) bond motifs is 3. The second kappa shape index (κ2) is 11.2. The van der Waals surface area contributed by atoms with Crippen molar-refractivity contribution in [1.29, 1.82) is 0 Å². The first-order valence-electron chi connectivity index (χ1n) is 12.9.